The summed E-state index contributed by atoms with van der Waals surface area (Å²) in [5, 5.41) is 14.3. The molecule has 0 N–H and O–H groups in total. The minimum Gasteiger partial charge on any atom is -0.247 e. The van der Waals surface area contributed by atoms with Gasteiger partial charge in [0.2, 0.25) is 0 Å². The third-order valence-electron chi connectivity index (χ3n) is 10.8. The second-order valence-corrected chi connectivity index (χ2v) is 13.6. The molecule has 0 aliphatic carbocycles. The van der Waals surface area contributed by atoms with Crippen molar-refractivity contribution in [3.8, 4) is 33.6 Å². The number of hydrogen-bond acceptors (Lipinski definition) is 2. The van der Waals surface area contributed by atoms with Crippen LogP contribution < -0.4 is 0 Å². The molecule has 0 saturated heterocycles. The topological polar surface area (TPSA) is 25.8 Å². The smallest absolute Gasteiger partial charge is 0.0794 e. The lowest BCUT2D eigenvalue weighted by molar-refractivity contribution is 1.43. The summed E-state index contributed by atoms with van der Waals surface area (Å²) in [6.07, 6.45) is 0. The molecule has 11 rings (SSSR count). The summed E-state index contributed by atoms with van der Waals surface area (Å²) < 4.78 is 0. The number of para-hydroxylation sites is 1. The molecule has 2 nitrogen and oxygen atoms in total. The molecular formula is C50H30N2. The van der Waals surface area contributed by atoms with Gasteiger partial charge in [0.15, 0.2) is 0 Å². The highest BCUT2D eigenvalue weighted by atomic mass is 14.7. The van der Waals surface area contributed by atoms with E-state index in [-0.39, 0.29) is 0 Å². The molecule has 0 fully saturated rings. The Balaban J connectivity index is 1.34. The second-order valence-electron chi connectivity index (χ2n) is 13.6. The van der Waals surface area contributed by atoms with E-state index < -0.39 is 0 Å². The van der Waals surface area contributed by atoms with Gasteiger partial charge in [-0.3, -0.25) is 0 Å². The van der Waals surface area contributed by atoms with Gasteiger partial charge in [-0.15, -0.1) is 0 Å². The Morgan fingerprint density at radius 1 is 0.288 bits per heavy atom. The van der Waals surface area contributed by atoms with Gasteiger partial charge in [-0.05, 0) is 56.3 Å². The molecule has 11 aromatic rings. The van der Waals surface area contributed by atoms with Crippen LogP contribution in [0.25, 0.3) is 109 Å². The standard InChI is InChI=1S/C50H30N2/c1-3-16-32(17-4-1)48-43-29-41(35-21-9-11-23-37(35)46(43)39-25-13-14-26-45(39)51-48)42-30-44-47(38-24-12-10-22-36(38)42)40-28-27-31-15-7-8-20-34(31)50(40)52-49(44)33-18-5-2-6-19-33/h1-30H. The third kappa shape index (κ3) is 4.25. The van der Waals surface area contributed by atoms with Crippen molar-refractivity contribution in [1.29, 1.82) is 0 Å². The first kappa shape index (κ1) is 28.9. The van der Waals surface area contributed by atoms with Crippen molar-refractivity contribution >= 4 is 75.7 Å². The first-order chi connectivity index (χ1) is 25.8. The average Bonchev–Trinajstić information content (AvgIpc) is 3.22. The monoisotopic (exact) mass is 658 g/mol. The second kappa shape index (κ2) is 11.3. The summed E-state index contributed by atoms with van der Waals surface area (Å²) in [5.41, 5.74) is 8.61. The van der Waals surface area contributed by atoms with Crippen LogP contribution in [0.1, 0.15) is 0 Å². The molecule has 0 bridgehead atoms. The lowest BCUT2D eigenvalue weighted by Crippen LogP contribution is -1.95. The molecule has 240 valence electrons. The highest BCUT2D eigenvalue weighted by molar-refractivity contribution is 6.30. The average molecular weight is 659 g/mol. The molecule has 0 unspecified atom stereocenters. The van der Waals surface area contributed by atoms with Crippen molar-refractivity contribution in [2.75, 3.05) is 0 Å². The van der Waals surface area contributed by atoms with Crippen LogP contribution >= 0.6 is 0 Å². The van der Waals surface area contributed by atoms with Gasteiger partial charge in [0.1, 0.15) is 0 Å². The quantitative estimate of drug-likeness (QED) is 0.177. The zero-order valence-electron chi connectivity index (χ0n) is 28.2. The van der Waals surface area contributed by atoms with Gasteiger partial charge in [-0.25, -0.2) is 9.97 Å². The maximum absolute atomic E-state index is 5.53. The van der Waals surface area contributed by atoms with E-state index in [2.05, 4.69) is 182 Å². The number of pyridine rings is 2. The molecule has 0 amide bonds. The summed E-state index contributed by atoms with van der Waals surface area (Å²) >= 11 is 0. The maximum Gasteiger partial charge on any atom is 0.0794 e. The summed E-state index contributed by atoms with van der Waals surface area (Å²) in [6.45, 7) is 0. The minimum absolute atomic E-state index is 0.995. The van der Waals surface area contributed by atoms with E-state index in [1.807, 2.05) is 0 Å². The van der Waals surface area contributed by atoms with Crippen molar-refractivity contribution < 1.29 is 0 Å². The van der Waals surface area contributed by atoms with Gasteiger partial charge in [0, 0.05) is 48.8 Å². The Labute approximate surface area is 300 Å². The molecule has 0 atom stereocenters. The van der Waals surface area contributed by atoms with Gasteiger partial charge in [-0.1, -0.05) is 164 Å². The molecule has 0 aliphatic heterocycles. The fourth-order valence-corrected chi connectivity index (χ4v) is 8.49. The molecule has 2 heterocycles. The van der Waals surface area contributed by atoms with Crippen LogP contribution in [0.5, 0.6) is 0 Å². The SMILES string of the molecule is c1ccc(-c2nc3ccccc3c3c2cc(-c2cc4c(-c5ccccc5)nc5c6ccccc6ccc5c4c4ccccc24)c2ccccc23)cc1. The van der Waals surface area contributed by atoms with Crippen LogP contribution in [0.3, 0.4) is 0 Å². The third-order valence-corrected chi connectivity index (χ3v) is 10.8. The molecule has 0 aliphatic rings. The van der Waals surface area contributed by atoms with E-state index >= 15 is 0 Å². The summed E-state index contributed by atoms with van der Waals surface area (Å²) in [6, 6.07) is 65.5. The van der Waals surface area contributed by atoms with Crippen molar-refractivity contribution in [2.24, 2.45) is 0 Å². The maximum atomic E-state index is 5.53. The van der Waals surface area contributed by atoms with Gasteiger partial charge < -0.3 is 0 Å². The number of fused-ring (bicyclic) bond motifs is 12. The first-order valence-electron chi connectivity index (χ1n) is 17.8. The summed E-state index contributed by atoms with van der Waals surface area (Å²) in [5.74, 6) is 0. The van der Waals surface area contributed by atoms with Crippen molar-refractivity contribution in [2.45, 2.75) is 0 Å². The Morgan fingerprint density at radius 3 is 1.37 bits per heavy atom. The van der Waals surface area contributed by atoms with Crippen molar-refractivity contribution in [1.82, 2.24) is 9.97 Å². The molecule has 0 radical (unpaired) electrons. The van der Waals surface area contributed by atoms with Gasteiger partial charge in [0.05, 0.1) is 22.4 Å². The number of benzene rings is 9. The van der Waals surface area contributed by atoms with E-state index in [9.17, 15) is 0 Å². The molecule has 9 aromatic carbocycles. The zero-order chi connectivity index (χ0) is 34.2. The molecule has 52 heavy (non-hydrogen) atoms. The summed E-state index contributed by atoms with van der Waals surface area (Å²) in [4.78, 5) is 10.9. The van der Waals surface area contributed by atoms with Crippen LogP contribution in [0.2, 0.25) is 0 Å². The number of aromatic nitrogens is 2. The van der Waals surface area contributed by atoms with Gasteiger partial charge in [0.25, 0.3) is 0 Å². The molecule has 2 heteroatoms. The highest BCUT2D eigenvalue weighted by Gasteiger charge is 2.21. The Kier molecular flexibility index (Phi) is 6.28. The van der Waals surface area contributed by atoms with E-state index in [1.54, 1.807) is 0 Å². The minimum atomic E-state index is 0.995. The molecule has 0 spiro atoms. The normalized spacial score (nSPS) is 11.8. The fraction of sp³-hybridized carbons (Fsp3) is 0. The molecule has 0 saturated carbocycles. The van der Waals surface area contributed by atoms with Crippen molar-refractivity contribution in [3.05, 3.63) is 182 Å². The number of hydrogen-bond donors (Lipinski definition) is 0. The predicted molar refractivity (Wildman–Crippen MR) is 221 cm³/mol. The lowest BCUT2D eigenvalue weighted by Gasteiger charge is -2.19. The van der Waals surface area contributed by atoms with Crippen molar-refractivity contribution in [3.63, 3.8) is 0 Å². The van der Waals surface area contributed by atoms with Crippen LogP contribution in [0.4, 0.5) is 0 Å². The van der Waals surface area contributed by atoms with Crippen LogP contribution in [0, 0.1) is 0 Å². The largest absolute Gasteiger partial charge is 0.247 e. The predicted octanol–water partition coefficient (Wildman–Crippen LogP) is 13.5. The van der Waals surface area contributed by atoms with Crippen LogP contribution in [-0.2, 0) is 0 Å². The number of nitrogens with zero attached hydrogens (tertiary/aromatic N) is 2. The lowest BCUT2D eigenvalue weighted by atomic mass is 9.85. The van der Waals surface area contributed by atoms with Gasteiger partial charge >= 0.3 is 0 Å². The highest BCUT2D eigenvalue weighted by Crippen LogP contribution is 2.47. The summed E-state index contributed by atoms with van der Waals surface area (Å²) in [7, 11) is 0. The van der Waals surface area contributed by atoms with Crippen LogP contribution in [0.15, 0.2) is 182 Å². The fourth-order valence-electron chi connectivity index (χ4n) is 8.49. The zero-order valence-corrected chi connectivity index (χ0v) is 28.2. The number of rotatable bonds is 3. The Hall–Kier alpha value is -6.90. The Bertz CT molecular complexity index is 3220. The van der Waals surface area contributed by atoms with E-state index in [0.29, 0.717) is 0 Å². The van der Waals surface area contributed by atoms with Crippen LogP contribution in [-0.4, -0.2) is 9.97 Å². The molecular weight excluding hydrogens is 629 g/mol. The first-order valence-corrected chi connectivity index (χ1v) is 17.8. The van der Waals surface area contributed by atoms with E-state index in [0.717, 1.165) is 49.7 Å². The molecule has 2 aromatic heterocycles. The van der Waals surface area contributed by atoms with E-state index in [4.69, 9.17) is 9.97 Å². The van der Waals surface area contributed by atoms with Gasteiger partial charge in [-0.2, -0.15) is 0 Å². The Morgan fingerprint density at radius 2 is 0.750 bits per heavy atom. The van der Waals surface area contributed by atoms with E-state index in [1.165, 1.54) is 59.6 Å².